The molecule has 1 rings (SSSR count). The van der Waals surface area contributed by atoms with Crippen LogP contribution in [-0.2, 0) is 9.63 Å². The maximum absolute atomic E-state index is 11.2. The Bertz CT molecular complexity index is 251. The van der Waals surface area contributed by atoms with Gasteiger partial charge in [-0.15, -0.1) is 10.1 Å². The molecule has 0 spiro atoms. The van der Waals surface area contributed by atoms with Crippen LogP contribution in [0.5, 0.6) is 0 Å². The molecule has 7 heteroatoms. The summed E-state index contributed by atoms with van der Waals surface area (Å²) in [5, 5.41) is 12.2. The molecule has 92 valence electrons. The second kappa shape index (κ2) is 6.26. The summed E-state index contributed by atoms with van der Waals surface area (Å²) in [5.41, 5.74) is 5.26. The van der Waals surface area contributed by atoms with Crippen molar-refractivity contribution in [1.82, 2.24) is 5.32 Å². The average Bonchev–Trinajstić information content (AvgIpc) is 2.20. The van der Waals surface area contributed by atoms with Crippen molar-refractivity contribution in [2.24, 2.45) is 5.73 Å². The van der Waals surface area contributed by atoms with E-state index in [0.29, 0.717) is 25.8 Å². The van der Waals surface area contributed by atoms with Gasteiger partial charge in [-0.3, -0.25) is 4.79 Å². The number of carbonyl (C=O) groups is 1. The highest BCUT2D eigenvalue weighted by Gasteiger charge is 2.24. The van der Waals surface area contributed by atoms with E-state index in [0.717, 1.165) is 12.8 Å². The van der Waals surface area contributed by atoms with Crippen molar-refractivity contribution in [1.29, 1.82) is 0 Å². The van der Waals surface area contributed by atoms with Crippen molar-refractivity contribution in [2.45, 2.75) is 44.2 Å². The number of nitrogens with one attached hydrogen (secondary N) is 1. The van der Waals surface area contributed by atoms with Crippen LogP contribution in [-0.4, -0.2) is 29.7 Å². The van der Waals surface area contributed by atoms with Gasteiger partial charge < -0.3 is 15.9 Å². The van der Waals surface area contributed by atoms with E-state index in [1.807, 2.05) is 0 Å². The van der Waals surface area contributed by atoms with E-state index >= 15 is 0 Å². The Labute approximate surface area is 93.4 Å². The van der Waals surface area contributed by atoms with Crippen LogP contribution in [0, 0.1) is 10.1 Å². The van der Waals surface area contributed by atoms with Crippen LogP contribution in [0.15, 0.2) is 0 Å². The molecule has 0 radical (unpaired) electrons. The van der Waals surface area contributed by atoms with Crippen molar-refractivity contribution < 1.29 is 14.7 Å². The van der Waals surface area contributed by atoms with E-state index in [1.165, 1.54) is 0 Å². The summed E-state index contributed by atoms with van der Waals surface area (Å²) < 4.78 is 0. The third kappa shape index (κ3) is 4.43. The molecule has 3 N–H and O–H groups in total. The summed E-state index contributed by atoms with van der Waals surface area (Å²) in [6, 6.07) is 0.102. The lowest BCUT2D eigenvalue weighted by Crippen LogP contribution is -2.40. The Hall–Kier alpha value is -1.37. The lowest BCUT2D eigenvalue weighted by Gasteiger charge is -2.27. The fraction of sp³-hybridized carbons (Fsp3) is 0.889. The highest BCUT2D eigenvalue weighted by atomic mass is 17.0. The molecule has 1 aliphatic carbocycles. The highest BCUT2D eigenvalue weighted by Crippen LogP contribution is 2.21. The van der Waals surface area contributed by atoms with Crippen LogP contribution in [0.1, 0.15) is 32.1 Å². The molecule has 1 amide bonds. The molecule has 0 bridgehead atoms. The zero-order valence-corrected chi connectivity index (χ0v) is 9.05. The van der Waals surface area contributed by atoms with Crippen LogP contribution in [0.2, 0.25) is 0 Å². The molecule has 1 fully saturated rings. The summed E-state index contributed by atoms with van der Waals surface area (Å²) >= 11 is 0. The Kier molecular flexibility index (Phi) is 4.97. The molecular formula is C9H17N3O4. The molecule has 0 aromatic rings. The lowest BCUT2D eigenvalue weighted by molar-refractivity contribution is -0.769. The molecular weight excluding hydrogens is 214 g/mol. The molecule has 0 unspecified atom stereocenters. The molecule has 0 aromatic heterocycles. The molecule has 7 nitrogen and oxygen atoms in total. The number of carbonyl (C=O) groups excluding carboxylic acids is 1. The average molecular weight is 231 g/mol. The normalized spacial score (nSPS) is 24.8. The van der Waals surface area contributed by atoms with Gasteiger partial charge in [0.15, 0.2) is 0 Å². The number of rotatable bonds is 5. The van der Waals surface area contributed by atoms with Crippen LogP contribution >= 0.6 is 0 Å². The van der Waals surface area contributed by atoms with E-state index in [9.17, 15) is 14.9 Å². The number of hydrogen-bond donors (Lipinski definition) is 2. The summed E-state index contributed by atoms with van der Waals surface area (Å²) in [7, 11) is 0. The number of nitrogens with two attached hydrogens (primary N) is 1. The van der Waals surface area contributed by atoms with Crippen molar-refractivity contribution in [3.05, 3.63) is 10.1 Å². The van der Waals surface area contributed by atoms with Crippen LogP contribution in [0.25, 0.3) is 0 Å². The molecule has 16 heavy (non-hydrogen) atoms. The van der Waals surface area contributed by atoms with E-state index in [4.69, 9.17) is 5.73 Å². The zero-order valence-electron chi connectivity index (χ0n) is 9.05. The second-order valence-electron chi connectivity index (χ2n) is 3.91. The van der Waals surface area contributed by atoms with E-state index in [-0.39, 0.29) is 18.1 Å². The van der Waals surface area contributed by atoms with Gasteiger partial charge in [0.1, 0.15) is 6.10 Å². The molecule has 0 saturated heterocycles. The first-order valence-electron chi connectivity index (χ1n) is 5.42. The molecule has 0 aliphatic heterocycles. The molecule has 1 saturated carbocycles. The summed E-state index contributed by atoms with van der Waals surface area (Å²) in [4.78, 5) is 25.8. The molecule has 0 atom stereocenters. The topological polar surface area (TPSA) is 107 Å². The van der Waals surface area contributed by atoms with Gasteiger partial charge in [-0.1, -0.05) is 0 Å². The first-order chi connectivity index (χ1) is 7.61. The van der Waals surface area contributed by atoms with Gasteiger partial charge in [-0.2, -0.15) is 0 Å². The fourth-order valence-electron chi connectivity index (χ4n) is 1.87. The number of amides is 1. The van der Waals surface area contributed by atoms with Crippen molar-refractivity contribution in [3.8, 4) is 0 Å². The van der Waals surface area contributed by atoms with Gasteiger partial charge in [0.2, 0.25) is 5.91 Å². The minimum Gasteiger partial charge on any atom is -0.353 e. The number of nitrogens with zero attached hydrogens (tertiary/aromatic N) is 1. The smallest absolute Gasteiger partial charge is 0.294 e. The second-order valence-corrected chi connectivity index (χ2v) is 3.91. The first kappa shape index (κ1) is 12.7. The van der Waals surface area contributed by atoms with Gasteiger partial charge in [0, 0.05) is 19.0 Å². The molecule has 0 heterocycles. The number of hydrogen-bond acceptors (Lipinski definition) is 5. The summed E-state index contributed by atoms with van der Waals surface area (Å²) in [6.45, 7) is 0.339. The Morgan fingerprint density at radius 3 is 2.56 bits per heavy atom. The van der Waals surface area contributed by atoms with Gasteiger partial charge >= 0.3 is 0 Å². The van der Waals surface area contributed by atoms with Gasteiger partial charge in [-0.05, 0) is 25.7 Å². The third-order valence-electron chi connectivity index (χ3n) is 2.65. The quantitative estimate of drug-likeness (QED) is 0.510. The Morgan fingerprint density at radius 2 is 2.06 bits per heavy atom. The van der Waals surface area contributed by atoms with Crippen LogP contribution in [0.4, 0.5) is 0 Å². The van der Waals surface area contributed by atoms with Crippen LogP contribution < -0.4 is 11.1 Å². The maximum Gasteiger partial charge on any atom is 0.294 e. The third-order valence-corrected chi connectivity index (χ3v) is 2.65. The fourth-order valence-corrected chi connectivity index (χ4v) is 1.87. The van der Waals surface area contributed by atoms with E-state index in [1.54, 1.807) is 0 Å². The SMILES string of the molecule is NCCC(=O)N[C@H]1CC[C@@H](O[N+](=O)[O-])CC1. The molecule has 1 aliphatic rings. The summed E-state index contributed by atoms with van der Waals surface area (Å²) in [6.07, 6.45) is 2.65. The van der Waals surface area contributed by atoms with Crippen LogP contribution in [0.3, 0.4) is 0 Å². The predicted octanol–water partition coefficient (Wildman–Crippen LogP) is -0.0291. The largest absolute Gasteiger partial charge is 0.353 e. The van der Waals surface area contributed by atoms with Crippen molar-refractivity contribution in [3.63, 3.8) is 0 Å². The monoisotopic (exact) mass is 231 g/mol. The van der Waals surface area contributed by atoms with Gasteiger partial charge in [0.25, 0.3) is 5.09 Å². The van der Waals surface area contributed by atoms with Crippen molar-refractivity contribution in [2.75, 3.05) is 6.54 Å². The standard InChI is InChI=1S/C9H17N3O4/c10-6-5-9(13)11-7-1-3-8(4-2-7)16-12(14)15/h7-8H,1-6,10H2,(H,11,13)/t7-,8+. The zero-order chi connectivity index (χ0) is 12.0. The molecule has 0 aromatic carbocycles. The first-order valence-corrected chi connectivity index (χ1v) is 5.42. The minimum atomic E-state index is -0.752. The summed E-state index contributed by atoms with van der Waals surface area (Å²) in [5.74, 6) is -0.0545. The minimum absolute atomic E-state index is 0.0545. The van der Waals surface area contributed by atoms with E-state index in [2.05, 4.69) is 10.2 Å². The highest BCUT2D eigenvalue weighted by molar-refractivity contribution is 5.76. The predicted molar refractivity (Wildman–Crippen MR) is 55.9 cm³/mol. The van der Waals surface area contributed by atoms with E-state index < -0.39 is 5.09 Å². The lowest BCUT2D eigenvalue weighted by atomic mass is 9.93. The maximum atomic E-state index is 11.2. The Balaban J connectivity index is 2.21. The van der Waals surface area contributed by atoms with Gasteiger partial charge in [-0.25, -0.2) is 0 Å². The Morgan fingerprint density at radius 1 is 1.44 bits per heavy atom. The van der Waals surface area contributed by atoms with Gasteiger partial charge in [0.05, 0.1) is 0 Å². The van der Waals surface area contributed by atoms with Crippen molar-refractivity contribution >= 4 is 5.91 Å².